The number of hydrogen-bond donors (Lipinski definition) is 0. The van der Waals surface area contributed by atoms with Gasteiger partial charge in [-0.15, -0.1) is 0 Å². The van der Waals surface area contributed by atoms with Gasteiger partial charge in [0.15, 0.2) is 6.10 Å². The van der Waals surface area contributed by atoms with Crippen LogP contribution in [0.3, 0.4) is 0 Å². The Morgan fingerprint density at radius 2 is 1.80 bits per heavy atom. The van der Waals surface area contributed by atoms with Crippen LogP contribution in [0.5, 0.6) is 5.75 Å². The van der Waals surface area contributed by atoms with Crippen molar-refractivity contribution < 1.29 is 19.1 Å². The lowest BCUT2D eigenvalue weighted by Gasteiger charge is -2.16. The molecule has 6 heteroatoms. The molecule has 0 bridgehead atoms. The third-order valence-corrected chi connectivity index (χ3v) is 3.98. The van der Waals surface area contributed by atoms with E-state index in [1.54, 1.807) is 43.0 Å². The Hall–Kier alpha value is -2.63. The average Bonchev–Trinajstić information content (AvgIpc) is 2.92. The maximum atomic E-state index is 12.4. The Morgan fingerprint density at radius 1 is 1.16 bits per heavy atom. The Morgan fingerprint density at radius 3 is 2.32 bits per heavy atom. The molecule has 1 aromatic heterocycles. The van der Waals surface area contributed by atoms with Crippen LogP contribution in [0.4, 0.5) is 0 Å². The third-order valence-electron chi connectivity index (χ3n) is 3.98. The number of methoxy groups -OCH3 is 1. The highest BCUT2D eigenvalue weighted by molar-refractivity contribution is 6.00. The van der Waals surface area contributed by atoms with Crippen molar-refractivity contribution in [1.82, 2.24) is 9.78 Å². The summed E-state index contributed by atoms with van der Waals surface area (Å²) in [6, 6.07) is 8.54. The van der Waals surface area contributed by atoms with E-state index in [4.69, 9.17) is 9.47 Å². The number of nitrogens with zero attached hydrogens (tertiary/aromatic N) is 2. The SMILES string of the molecule is COc1ccc(C(=O)[C@@H](C)OC(=O)C[C@@H](C)n2nc(C)cc2C)cc1. The zero-order valence-corrected chi connectivity index (χ0v) is 15.3. The molecular formula is C19H24N2O4. The van der Waals surface area contributed by atoms with Crippen molar-refractivity contribution in [2.75, 3.05) is 7.11 Å². The molecule has 0 N–H and O–H groups in total. The number of Topliss-reactive ketones (excluding diaryl/α,β-unsaturated/α-hetero) is 1. The number of rotatable bonds is 7. The summed E-state index contributed by atoms with van der Waals surface area (Å²) in [5.41, 5.74) is 2.37. The Labute approximate surface area is 147 Å². The molecule has 2 atom stereocenters. The van der Waals surface area contributed by atoms with Crippen LogP contribution >= 0.6 is 0 Å². The van der Waals surface area contributed by atoms with E-state index < -0.39 is 12.1 Å². The molecule has 0 radical (unpaired) electrons. The standard InChI is InChI=1S/C19H24N2O4/c1-12-10-13(2)21(20-12)14(3)11-18(22)25-15(4)19(23)16-6-8-17(24-5)9-7-16/h6-10,14-15H,11H2,1-5H3/t14-,15-/m1/s1. The number of hydrogen-bond acceptors (Lipinski definition) is 5. The molecule has 0 amide bonds. The smallest absolute Gasteiger partial charge is 0.308 e. The Kier molecular flexibility index (Phi) is 5.96. The summed E-state index contributed by atoms with van der Waals surface area (Å²) in [6.45, 7) is 7.33. The molecule has 1 aromatic carbocycles. The molecule has 6 nitrogen and oxygen atoms in total. The van der Waals surface area contributed by atoms with Gasteiger partial charge in [-0.25, -0.2) is 0 Å². The molecule has 0 fully saturated rings. The molecule has 0 spiro atoms. The lowest BCUT2D eigenvalue weighted by atomic mass is 10.1. The minimum absolute atomic E-state index is 0.135. The Bertz CT molecular complexity index is 749. The van der Waals surface area contributed by atoms with Crippen molar-refractivity contribution in [2.45, 2.75) is 46.3 Å². The average molecular weight is 344 g/mol. The monoisotopic (exact) mass is 344 g/mol. The second-order valence-electron chi connectivity index (χ2n) is 6.15. The van der Waals surface area contributed by atoms with Gasteiger partial charge in [0.05, 0.1) is 25.3 Å². The first-order valence-electron chi connectivity index (χ1n) is 8.22. The summed E-state index contributed by atoms with van der Waals surface area (Å²) in [7, 11) is 1.56. The van der Waals surface area contributed by atoms with Gasteiger partial charge in [0.1, 0.15) is 5.75 Å². The van der Waals surface area contributed by atoms with Crippen LogP contribution in [0.1, 0.15) is 48.1 Å². The van der Waals surface area contributed by atoms with Crippen LogP contribution in [0.2, 0.25) is 0 Å². The molecule has 0 saturated heterocycles. The van der Waals surface area contributed by atoms with E-state index in [9.17, 15) is 9.59 Å². The van der Waals surface area contributed by atoms with Gasteiger partial charge in [-0.05, 0) is 58.0 Å². The minimum atomic E-state index is -0.839. The van der Waals surface area contributed by atoms with Crippen molar-refractivity contribution >= 4 is 11.8 Å². The van der Waals surface area contributed by atoms with Crippen molar-refractivity contribution in [3.8, 4) is 5.75 Å². The van der Waals surface area contributed by atoms with Crippen molar-refractivity contribution in [1.29, 1.82) is 0 Å². The zero-order chi connectivity index (χ0) is 18.6. The number of aryl methyl sites for hydroxylation is 2. The number of carbonyl (C=O) groups excluding carboxylic acids is 2. The lowest BCUT2D eigenvalue weighted by Crippen LogP contribution is -2.26. The predicted molar refractivity (Wildman–Crippen MR) is 93.9 cm³/mol. The highest BCUT2D eigenvalue weighted by atomic mass is 16.5. The van der Waals surface area contributed by atoms with Gasteiger partial charge in [-0.1, -0.05) is 0 Å². The number of carbonyl (C=O) groups is 2. The molecule has 1 heterocycles. The fraction of sp³-hybridized carbons (Fsp3) is 0.421. The van der Waals surface area contributed by atoms with Crippen molar-refractivity contribution in [3.05, 3.63) is 47.3 Å². The third kappa shape index (κ3) is 4.68. The van der Waals surface area contributed by atoms with Crippen LogP contribution in [0.15, 0.2) is 30.3 Å². The number of ketones is 1. The highest BCUT2D eigenvalue weighted by Gasteiger charge is 2.22. The molecule has 25 heavy (non-hydrogen) atoms. The molecule has 0 aliphatic heterocycles. The van der Waals surface area contributed by atoms with Gasteiger partial charge in [0, 0.05) is 11.3 Å². The topological polar surface area (TPSA) is 70.4 Å². The fourth-order valence-corrected chi connectivity index (χ4v) is 2.71. The summed E-state index contributed by atoms with van der Waals surface area (Å²) in [5.74, 6) is 0.00379. The van der Waals surface area contributed by atoms with Crippen LogP contribution in [0.25, 0.3) is 0 Å². The van der Waals surface area contributed by atoms with E-state index in [0.29, 0.717) is 11.3 Å². The van der Waals surface area contributed by atoms with Crippen LogP contribution in [0, 0.1) is 13.8 Å². The number of benzene rings is 1. The quantitative estimate of drug-likeness (QED) is 0.569. The van der Waals surface area contributed by atoms with Crippen molar-refractivity contribution in [3.63, 3.8) is 0 Å². The zero-order valence-electron chi connectivity index (χ0n) is 15.3. The second-order valence-corrected chi connectivity index (χ2v) is 6.15. The molecule has 0 aliphatic carbocycles. The number of esters is 1. The summed E-state index contributed by atoms with van der Waals surface area (Å²) >= 11 is 0. The maximum Gasteiger partial charge on any atom is 0.308 e. The van der Waals surface area contributed by atoms with E-state index >= 15 is 0 Å². The van der Waals surface area contributed by atoms with E-state index in [-0.39, 0.29) is 18.2 Å². The second kappa shape index (κ2) is 7.96. The van der Waals surface area contributed by atoms with E-state index in [1.807, 2.05) is 26.8 Å². The number of ether oxygens (including phenoxy) is 2. The normalized spacial score (nSPS) is 13.2. The maximum absolute atomic E-state index is 12.4. The predicted octanol–water partition coefficient (Wildman–Crippen LogP) is 3.27. The summed E-state index contributed by atoms with van der Waals surface area (Å²) in [5, 5.41) is 4.37. The summed E-state index contributed by atoms with van der Waals surface area (Å²) < 4.78 is 12.2. The lowest BCUT2D eigenvalue weighted by molar-refractivity contribution is -0.147. The largest absolute Gasteiger partial charge is 0.497 e. The highest BCUT2D eigenvalue weighted by Crippen LogP contribution is 2.17. The first kappa shape index (κ1) is 18.7. The van der Waals surface area contributed by atoms with E-state index in [1.165, 1.54) is 0 Å². The van der Waals surface area contributed by atoms with Crippen LogP contribution < -0.4 is 4.74 Å². The first-order chi connectivity index (χ1) is 11.8. The molecule has 2 rings (SSSR count). The van der Waals surface area contributed by atoms with Gasteiger partial charge >= 0.3 is 5.97 Å². The minimum Gasteiger partial charge on any atom is -0.497 e. The molecule has 134 valence electrons. The van der Waals surface area contributed by atoms with Gasteiger partial charge < -0.3 is 9.47 Å². The van der Waals surface area contributed by atoms with Crippen LogP contribution in [-0.4, -0.2) is 34.7 Å². The fourth-order valence-electron chi connectivity index (χ4n) is 2.71. The summed E-state index contributed by atoms with van der Waals surface area (Å²) in [4.78, 5) is 24.5. The van der Waals surface area contributed by atoms with Gasteiger partial charge in [-0.2, -0.15) is 5.10 Å². The van der Waals surface area contributed by atoms with Crippen molar-refractivity contribution in [2.24, 2.45) is 0 Å². The first-order valence-corrected chi connectivity index (χ1v) is 8.22. The van der Waals surface area contributed by atoms with Crippen LogP contribution in [-0.2, 0) is 9.53 Å². The molecule has 0 saturated carbocycles. The van der Waals surface area contributed by atoms with E-state index in [0.717, 1.165) is 11.4 Å². The van der Waals surface area contributed by atoms with Gasteiger partial charge in [0.25, 0.3) is 0 Å². The van der Waals surface area contributed by atoms with Gasteiger partial charge in [-0.3, -0.25) is 14.3 Å². The molecule has 2 aromatic rings. The van der Waals surface area contributed by atoms with E-state index in [2.05, 4.69) is 5.10 Å². The Balaban J connectivity index is 1.94. The van der Waals surface area contributed by atoms with Gasteiger partial charge in [0.2, 0.25) is 5.78 Å². The molecule has 0 unspecified atom stereocenters. The molecule has 0 aliphatic rings. The number of aromatic nitrogens is 2. The summed E-state index contributed by atoms with van der Waals surface area (Å²) in [6.07, 6.45) is -0.684. The molecular weight excluding hydrogens is 320 g/mol.